The average Bonchev–Trinajstić information content (AvgIpc) is 2.45. The van der Waals surface area contributed by atoms with E-state index in [1.807, 2.05) is 19.1 Å². The molecule has 0 aromatic carbocycles. The first kappa shape index (κ1) is 15.9. The van der Waals surface area contributed by atoms with Gasteiger partial charge < -0.3 is 15.8 Å². The van der Waals surface area contributed by atoms with Crippen LogP contribution in [0, 0.1) is 12.3 Å². The highest BCUT2D eigenvalue weighted by atomic mass is 35.5. The van der Waals surface area contributed by atoms with Gasteiger partial charge in [-0.2, -0.15) is 0 Å². The third kappa shape index (κ3) is 3.40. The molecule has 6 nitrogen and oxygen atoms in total. The van der Waals surface area contributed by atoms with E-state index >= 15 is 0 Å². The van der Waals surface area contributed by atoms with Crippen LogP contribution in [0.5, 0.6) is 0 Å². The molecule has 0 radical (unpaired) electrons. The van der Waals surface area contributed by atoms with E-state index in [0.29, 0.717) is 17.9 Å². The molecule has 7 heteroatoms. The molecule has 0 atom stereocenters. The summed E-state index contributed by atoms with van der Waals surface area (Å²) in [4.78, 5) is 19.4. The third-order valence-electron chi connectivity index (χ3n) is 3.05. The van der Waals surface area contributed by atoms with Crippen molar-refractivity contribution in [1.82, 2.24) is 9.97 Å². The number of hydrogen-bond acceptors (Lipinski definition) is 5. The highest BCUT2D eigenvalue weighted by Gasteiger charge is 2.18. The number of aromatic nitrogens is 2. The summed E-state index contributed by atoms with van der Waals surface area (Å²) in [6.07, 6.45) is 2.93. The quantitative estimate of drug-likeness (QED) is 0.735. The molecule has 114 valence electrons. The maximum absolute atomic E-state index is 11.1. The van der Waals surface area contributed by atoms with E-state index in [2.05, 4.69) is 15.3 Å². The van der Waals surface area contributed by atoms with Gasteiger partial charge in [0.05, 0.1) is 16.1 Å². The first-order chi connectivity index (χ1) is 10.4. The van der Waals surface area contributed by atoms with E-state index < -0.39 is 5.97 Å². The van der Waals surface area contributed by atoms with E-state index in [1.54, 1.807) is 6.20 Å². The van der Waals surface area contributed by atoms with Gasteiger partial charge in [-0.05, 0) is 25.5 Å². The van der Waals surface area contributed by atoms with Crippen LogP contribution in [0.3, 0.4) is 0 Å². The molecule has 0 saturated heterocycles. The van der Waals surface area contributed by atoms with Crippen LogP contribution >= 0.6 is 11.6 Å². The number of halogens is 1. The van der Waals surface area contributed by atoms with Crippen LogP contribution in [-0.2, 0) is 6.54 Å². The number of nitrogens with zero attached hydrogens (tertiary/aromatic N) is 2. The Balaban J connectivity index is 2.30. The number of aryl methyl sites for hydroxylation is 1. The summed E-state index contributed by atoms with van der Waals surface area (Å²) in [5, 5.41) is 20.0. The predicted molar refractivity (Wildman–Crippen MR) is 85.0 cm³/mol. The first-order valence-electron chi connectivity index (χ1n) is 6.53. The minimum atomic E-state index is -1.17. The maximum atomic E-state index is 11.1. The van der Waals surface area contributed by atoms with E-state index in [1.165, 1.54) is 13.1 Å². The Morgan fingerprint density at radius 1 is 1.36 bits per heavy atom. The van der Waals surface area contributed by atoms with Gasteiger partial charge in [0.15, 0.2) is 0 Å². The number of carboxylic acid groups (broad SMARTS) is 1. The molecule has 0 fully saturated rings. The lowest BCUT2D eigenvalue weighted by atomic mass is 10.1. The highest BCUT2D eigenvalue weighted by Crippen LogP contribution is 2.27. The van der Waals surface area contributed by atoms with Crippen molar-refractivity contribution in [3.63, 3.8) is 0 Å². The maximum Gasteiger partial charge on any atom is 0.338 e. The molecule has 0 spiro atoms. The predicted octanol–water partition coefficient (Wildman–Crippen LogP) is 3.14. The zero-order valence-electron chi connectivity index (χ0n) is 12.1. The summed E-state index contributed by atoms with van der Waals surface area (Å²) in [6.45, 7) is 3.89. The molecular weight excluding hydrogens is 304 g/mol. The van der Waals surface area contributed by atoms with Crippen molar-refractivity contribution >= 4 is 29.1 Å². The van der Waals surface area contributed by atoms with Crippen molar-refractivity contribution in [2.24, 2.45) is 0 Å². The fraction of sp³-hybridized carbons (Fsp3) is 0.200. The zero-order valence-corrected chi connectivity index (χ0v) is 12.9. The zero-order chi connectivity index (χ0) is 16.3. The smallest absolute Gasteiger partial charge is 0.338 e. The summed E-state index contributed by atoms with van der Waals surface area (Å²) in [7, 11) is 0. The van der Waals surface area contributed by atoms with Crippen molar-refractivity contribution in [1.29, 1.82) is 5.41 Å². The number of pyridine rings is 2. The molecule has 3 N–H and O–H groups in total. The Labute approximate surface area is 132 Å². The normalized spacial score (nSPS) is 10.3. The molecule has 0 aliphatic rings. The van der Waals surface area contributed by atoms with Gasteiger partial charge in [0.2, 0.25) is 0 Å². The second kappa shape index (κ2) is 6.53. The fourth-order valence-corrected chi connectivity index (χ4v) is 2.26. The molecule has 2 aromatic rings. The van der Waals surface area contributed by atoms with Gasteiger partial charge in [0, 0.05) is 30.3 Å². The standard InChI is InChI=1S/C15H15ClN4O2/c1-8-3-4-10(5-18-8)6-19-14-12(9(2)17)13(16)11(7-20-14)15(21)22/h3-5,7,17H,6H2,1-2H3,(H,19,20)(H,21,22). The summed E-state index contributed by atoms with van der Waals surface area (Å²) in [5.41, 5.74) is 2.18. The van der Waals surface area contributed by atoms with Crippen LogP contribution in [0.2, 0.25) is 5.02 Å². The fourth-order valence-electron chi connectivity index (χ4n) is 1.90. The van der Waals surface area contributed by atoms with Crippen LogP contribution < -0.4 is 5.32 Å². The largest absolute Gasteiger partial charge is 0.478 e. The third-order valence-corrected chi connectivity index (χ3v) is 3.45. The van der Waals surface area contributed by atoms with E-state index in [9.17, 15) is 4.79 Å². The van der Waals surface area contributed by atoms with Gasteiger partial charge in [-0.25, -0.2) is 9.78 Å². The molecule has 2 heterocycles. The minimum Gasteiger partial charge on any atom is -0.478 e. The average molecular weight is 319 g/mol. The summed E-state index contributed by atoms with van der Waals surface area (Å²) < 4.78 is 0. The summed E-state index contributed by atoms with van der Waals surface area (Å²) in [5.74, 6) is -0.794. The second-order valence-corrected chi connectivity index (χ2v) is 5.18. The van der Waals surface area contributed by atoms with E-state index in [4.69, 9.17) is 22.1 Å². The number of hydrogen-bond donors (Lipinski definition) is 3. The van der Waals surface area contributed by atoms with Gasteiger partial charge in [0.1, 0.15) is 5.82 Å². The van der Waals surface area contributed by atoms with Crippen molar-refractivity contribution in [2.45, 2.75) is 20.4 Å². The Kier molecular flexibility index (Phi) is 4.72. The van der Waals surface area contributed by atoms with Gasteiger partial charge in [0.25, 0.3) is 0 Å². The lowest BCUT2D eigenvalue weighted by Crippen LogP contribution is -2.11. The van der Waals surface area contributed by atoms with Crippen molar-refractivity contribution in [3.8, 4) is 0 Å². The highest BCUT2D eigenvalue weighted by molar-refractivity contribution is 6.37. The topological polar surface area (TPSA) is 99.0 Å². The monoisotopic (exact) mass is 318 g/mol. The molecule has 2 rings (SSSR count). The van der Waals surface area contributed by atoms with Crippen molar-refractivity contribution in [3.05, 3.63) is 51.9 Å². The minimum absolute atomic E-state index is 0.0135. The van der Waals surface area contributed by atoms with Crippen molar-refractivity contribution < 1.29 is 9.90 Å². The molecule has 0 unspecified atom stereocenters. The summed E-state index contributed by atoms with van der Waals surface area (Å²) >= 11 is 6.09. The Hall–Kier alpha value is -2.47. The van der Waals surface area contributed by atoms with Crippen LogP contribution in [0.4, 0.5) is 5.82 Å². The van der Waals surface area contributed by atoms with Crippen LogP contribution in [0.1, 0.15) is 34.1 Å². The van der Waals surface area contributed by atoms with Crippen molar-refractivity contribution in [2.75, 3.05) is 5.32 Å². The number of carboxylic acids is 1. The molecule has 0 aliphatic heterocycles. The van der Waals surface area contributed by atoms with Gasteiger partial charge in [-0.15, -0.1) is 0 Å². The van der Waals surface area contributed by atoms with Gasteiger partial charge >= 0.3 is 5.97 Å². The number of carbonyl (C=O) groups is 1. The lowest BCUT2D eigenvalue weighted by molar-refractivity contribution is 0.0696. The molecule has 0 saturated carbocycles. The van der Waals surface area contributed by atoms with Gasteiger partial charge in [-0.1, -0.05) is 17.7 Å². The first-order valence-corrected chi connectivity index (χ1v) is 6.90. The second-order valence-electron chi connectivity index (χ2n) is 4.80. The molecule has 2 aromatic heterocycles. The van der Waals surface area contributed by atoms with Gasteiger partial charge in [-0.3, -0.25) is 4.98 Å². The van der Waals surface area contributed by atoms with Crippen LogP contribution in [-0.4, -0.2) is 26.8 Å². The van der Waals surface area contributed by atoms with E-state index in [0.717, 1.165) is 11.3 Å². The number of aromatic carboxylic acids is 1. The SMILES string of the molecule is CC(=N)c1c(NCc2ccc(C)nc2)ncc(C(=O)O)c1Cl. The molecule has 0 aliphatic carbocycles. The molecule has 22 heavy (non-hydrogen) atoms. The molecular formula is C15H15ClN4O2. The summed E-state index contributed by atoms with van der Waals surface area (Å²) in [6, 6.07) is 3.83. The van der Waals surface area contributed by atoms with Crippen LogP contribution in [0.25, 0.3) is 0 Å². The number of anilines is 1. The Morgan fingerprint density at radius 2 is 2.09 bits per heavy atom. The Morgan fingerprint density at radius 3 is 2.64 bits per heavy atom. The number of rotatable bonds is 5. The lowest BCUT2D eigenvalue weighted by Gasteiger charge is -2.13. The van der Waals surface area contributed by atoms with E-state index in [-0.39, 0.29) is 16.3 Å². The molecule has 0 bridgehead atoms. The Bertz CT molecular complexity index is 729. The molecule has 0 amide bonds. The number of nitrogens with one attached hydrogen (secondary N) is 2. The van der Waals surface area contributed by atoms with Crippen LogP contribution in [0.15, 0.2) is 24.5 Å².